The Bertz CT molecular complexity index is 386. The zero-order valence-electron chi connectivity index (χ0n) is 13.0. The van der Waals surface area contributed by atoms with Crippen LogP contribution >= 0.6 is 0 Å². The highest BCUT2D eigenvalue weighted by molar-refractivity contribution is 5.13. The summed E-state index contributed by atoms with van der Waals surface area (Å²) < 4.78 is 10.9. The first-order valence-electron chi connectivity index (χ1n) is 7.68. The van der Waals surface area contributed by atoms with Crippen LogP contribution in [0, 0.1) is 5.92 Å². The summed E-state index contributed by atoms with van der Waals surface area (Å²) in [5, 5.41) is 3.51. The minimum absolute atomic E-state index is 0.651. The number of furan rings is 1. The van der Waals surface area contributed by atoms with Gasteiger partial charge in [0.25, 0.3) is 0 Å². The fourth-order valence-corrected chi connectivity index (χ4v) is 2.34. The maximum Gasteiger partial charge on any atom is 0.118 e. The Morgan fingerprint density at radius 3 is 2.90 bits per heavy atom. The number of ether oxygens (including phenoxy) is 1. The van der Waals surface area contributed by atoms with Gasteiger partial charge in [-0.3, -0.25) is 4.90 Å². The zero-order chi connectivity index (χ0) is 14.4. The molecule has 2 rings (SSSR count). The summed E-state index contributed by atoms with van der Waals surface area (Å²) in [6.07, 6.45) is 4.53. The predicted octanol–water partition coefficient (Wildman–Crippen LogP) is 2.64. The molecular weight excluding hydrogens is 252 g/mol. The van der Waals surface area contributed by atoms with Crippen LogP contribution in [0.4, 0.5) is 0 Å². The Balaban J connectivity index is 1.81. The first-order valence-corrected chi connectivity index (χ1v) is 7.68. The van der Waals surface area contributed by atoms with E-state index in [0.717, 1.165) is 44.6 Å². The molecule has 0 amide bonds. The molecule has 20 heavy (non-hydrogen) atoms. The predicted molar refractivity (Wildman–Crippen MR) is 80.6 cm³/mol. The highest BCUT2D eigenvalue weighted by Gasteiger charge is 2.20. The molecule has 0 bridgehead atoms. The minimum Gasteiger partial charge on any atom is -0.468 e. The molecule has 1 aromatic rings. The van der Waals surface area contributed by atoms with Gasteiger partial charge in [-0.2, -0.15) is 0 Å². The number of hydrogen-bond acceptors (Lipinski definition) is 4. The van der Waals surface area contributed by atoms with Crippen LogP contribution in [-0.4, -0.2) is 37.7 Å². The van der Waals surface area contributed by atoms with E-state index in [1.54, 1.807) is 7.11 Å². The summed E-state index contributed by atoms with van der Waals surface area (Å²) in [7, 11) is 1.75. The molecule has 0 aliphatic heterocycles. The van der Waals surface area contributed by atoms with Gasteiger partial charge in [-0.15, -0.1) is 0 Å². The van der Waals surface area contributed by atoms with Gasteiger partial charge in [-0.05, 0) is 24.8 Å². The van der Waals surface area contributed by atoms with Crippen molar-refractivity contribution in [1.82, 2.24) is 10.2 Å². The zero-order valence-corrected chi connectivity index (χ0v) is 13.0. The molecule has 0 unspecified atom stereocenters. The summed E-state index contributed by atoms with van der Waals surface area (Å²) >= 11 is 0. The van der Waals surface area contributed by atoms with E-state index >= 15 is 0 Å². The van der Waals surface area contributed by atoms with E-state index in [9.17, 15) is 0 Å². The maximum absolute atomic E-state index is 5.69. The minimum atomic E-state index is 0.651. The van der Waals surface area contributed by atoms with Gasteiger partial charge in [0.1, 0.15) is 5.76 Å². The largest absolute Gasteiger partial charge is 0.468 e. The van der Waals surface area contributed by atoms with Crippen LogP contribution in [0.2, 0.25) is 0 Å². The molecule has 1 aliphatic rings. The number of nitrogens with zero attached hydrogens (tertiary/aromatic N) is 1. The van der Waals surface area contributed by atoms with E-state index in [1.165, 1.54) is 18.4 Å². The number of methoxy groups -OCH3 is 1. The third-order valence-electron chi connectivity index (χ3n) is 3.49. The fourth-order valence-electron chi connectivity index (χ4n) is 2.34. The first kappa shape index (κ1) is 15.5. The standard InChI is InChI=1S/C16H28N2O2/c1-13(2)10-18(6-7-19-3)11-16-8-14(12-20-16)9-17-15-4-5-15/h8,12-13,15,17H,4-7,9-11H2,1-3H3. The second-order valence-electron chi connectivity index (χ2n) is 6.20. The second kappa shape index (κ2) is 7.81. The van der Waals surface area contributed by atoms with Crippen molar-refractivity contribution in [3.8, 4) is 0 Å². The quantitative estimate of drug-likeness (QED) is 0.715. The molecule has 0 radical (unpaired) electrons. The van der Waals surface area contributed by atoms with Crippen molar-refractivity contribution in [3.63, 3.8) is 0 Å². The molecule has 4 nitrogen and oxygen atoms in total. The summed E-state index contributed by atoms with van der Waals surface area (Å²) in [6.45, 7) is 9.06. The Hall–Kier alpha value is -0.840. The molecule has 1 heterocycles. The summed E-state index contributed by atoms with van der Waals surface area (Å²) in [5.74, 6) is 1.70. The van der Waals surface area contributed by atoms with Gasteiger partial charge < -0.3 is 14.5 Å². The van der Waals surface area contributed by atoms with E-state index in [2.05, 4.69) is 30.1 Å². The average Bonchev–Trinajstić information content (AvgIpc) is 3.13. The highest BCUT2D eigenvalue weighted by Crippen LogP contribution is 2.20. The monoisotopic (exact) mass is 280 g/mol. The lowest BCUT2D eigenvalue weighted by Gasteiger charge is -2.22. The average molecular weight is 280 g/mol. The van der Waals surface area contributed by atoms with Gasteiger partial charge in [-0.25, -0.2) is 0 Å². The smallest absolute Gasteiger partial charge is 0.118 e. The summed E-state index contributed by atoms with van der Waals surface area (Å²) in [4.78, 5) is 2.39. The van der Waals surface area contributed by atoms with E-state index in [4.69, 9.17) is 9.15 Å². The van der Waals surface area contributed by atoms with Crippen LogP contribution in [0.25, 0.3) is 0 Å². The lowest BCUT2D eigenvalue weighted by atomic mass is 10.2. The molecule has 1 aliphatic carbocycles. The molecule has 114 valence electrons. The van der Waals surface area contributed by atoms with E-state index in [1.807, 2.05) is 6.26 Å². The fraction of sp³-hybridized carbons (Fsp3) is 0.750. The third kappa shape index (κ3) is 5.65. The molecule has 0 spiro atoms. The third-order valence-corrected chi connectivity index (χ3v) is 3.49. The van der Waals surface area contributed by atoms with Crippen LogP contribution in [0.1, 0.15) is 38.0 Å². The molecule has 0 atom stereocenters. The Kier molecular flexibility index (Phi) is 6.07. The highest BCUT2D eigenvalue weighted by atomic mass is 16.5. The molecular formula is C16H28N2O2. The molecule has 0 aromatic carbocycles. The van der Waals surface area contributed by atoms with Crippen LogP contribution < -0.4 is 5.32 Å². The second-order valence-corrected chi connectivity index (χ2v) is 6.20. The lowest BCUT2D eigenvalue weighted by molar-refractivity contribution is 0.131. The summed E-state index contributed by atoms with van der Waals surface area (Å²) in [5.41, 5.74) is 1.25. The summed E-state index contributed by atoms with van der Waals surface area (Å²) in [6, 6.07) is 2.92. The number of nitrogens with one attached hydrogen (secondary N) is 1. The molecule has 1 saturated carbocycles. The van der Waals surface area contributed by atoms with Crippen molar-refractivity contribution in [2.45, 2.75) is 45.8 Å². The van der Waals surface area contributed by atoms with Crippen LogP contribution in [-0.2, 0) is 17.8 Å². The van der Waals surface area contributed by atoms with E-state index in [-0.39, 0.29) is 0 Å². The van der Waals surface area contributed by atoms with Crippen molar-refractivity contribution in [2.75, 3.05) is 26.8 Å². The van der Waals surface area contributed by atoms with E-state index in [0.29, 0.717) is 5.92 Å². The maximum atomic E-state index is 5.69. The van der Waals surface area contributed by atoms with Gasteiger partial charge in [0, 0.05) is 38.3 Å². The number of rotatable bonds is 10. The normalized spacial score (nSPS) is 15.4. The van der Waals surface area contributed by atoms with E-state index < -0.39 is 0 Å². The van der Waals surface area contributed by atoms with Crippen LogP contribution in [0.3, 0.4) is 0 Å². The lowest BCUT2D eigenvalue weighted by Crippen LogP contribution is -2.30. The molecule has 1 aromatic heterocycles. The Morgan fingerprint density at radius 2 is 2.25 bits per heavy atom. The van der Waals surface area contributed by atoms with Gasteiger partial charge in [-0.1, -0.05) is 13.8 Å². The van der Waals surface area contributed by atoms with Crippen LogP contribution in [0.5, 0.6) is 0 Å². The van der Waals surface area contributed by atoms with Crippen molar-refractivity contribution in [2.24, 2.45) is 5.92 Å². The van der Waals surface area contributed by atoms with Gasteiger partial charge >= 0.3 is 0 Å². The van der Waals surface area contributed by atoms with Crippen molar-refractivity contribution >= 4 is 0 Å². The Morgan fingerprint density at radius 1 is 1.45 bits per heavy atom. The van der Waals surface area contributed by atoms with Crippen molar-refractivity contribution in [1.29, 1.82) is 0 Å². The topological polar surface area (TPSA) is 37.6 Å². The van der Waals surface area contributed by atoms with Crippen molar-refractivity contribution in [3.05, 3.63) is 23.7 Å². The molecule has 1 N–H and O–H groups in total. The van der Waals surface area contributed by atoms with Gasteiger partial charge in [0.15, 0.2) is 0 Å². The number of hydrogen-bond donors (Lipinski definition) is 1. The molecule has 1 fully saturated rings. The van der Waals surface area contributed by atoms with Gasteiger partial charge in [0.2, 0.25) is 0 Å². The van der Waals surface area contributed by atoms with Crippen molar-refractivity contribution < 1.29 is 9.15 Å². The Labute approximate surface area is 122 Å². The van der Waals surface area contributed by atoms with Crippen LogP contribution in [0.15, 0.2) is 16.7 Å². The van der Waals surface area contributed by atoms with Gasteiger partial charge in [0.05, 0.1) is 19.4 Å². The molecule has 0 saturated heterocycles. The first-order chi connectivity index (χ1) is 9.67. The molecule has 4 heteroatoms. The SMILES string of the molecule is COCCN(Cc1cc(CNC2CC2)co1)CC(C)C.